The van der Waals surface area contributed by atoms with Gasteiger partial charge in [-0.15, -0.1) is 0 Å². The van der Waals surface area contributed by atoms with Gasteiger partial charge >= 0.3 is 11.8 Å². The lowest BCUT2D eigenvalue weighted by Crippen LogP contribution is -2.48. The van der Waals surface area contributed by atoms with Crippen LogP contribution in [0.4, 0.5) is 5.82 Å². The Hall–Kier alpha value is -2.15. The molecule has 0 bridgehead atoms. The van der Waals surface area contributed by atoms with E-state index in [2.05, 4.69) is 15.6 Å². The zero-order valence-corrected chi connectivity index (χ0v) is 12.2. The summed E-state index contributed by atoms with van der Waals surface area (Å²) >= 11 is 5.67. The number of aromatic nitrogens is 1. The lowest BCUT2D eigenvalue weighted by Gasteiger charge is -2.28. The SMILES string of the molecule is CN1CC[C@@H](NC(=O)C(=O)Nc2ccc(Cl)cn2)CC1=O. The van der Waals surface area contributed by atoms with Crippen molar-refractivity contribution in [2.24, 2.45) is 0 Å². The molecule has 2 rings (SSSR count). The van der Waals surface area contributed by atoms with Crippen molar-refractivity contribution in [2.75, 3.05) is 18.9 Å². The molecule has 1 aromatic heterocycles. The first-order chi connectivity index (χ1) is 9.95. The van der Waals surface area contributed by atoms with Gasteiger partial charge < -0.3 is 15.5 Å². The second kappa shape index (κ2) is 6.53. The molecule has 2 N–H and O–H groups in total. The van der Waals surface area contributed by atoms with E-state index in [9.17, 15) is 14.4 Å². The summed E-state index contributed by atoms with van der Waals surface area (Å²) in [6.07, 6.45) is 2.19. The first-order valence-electron chi connectivity index (χ1n) is 6.43. The number of halogens is 1. The number of hydrogen-bond acceptors (Lipinski definition) is 4. The highest BCUT2D eigenvalue weighted by molar-refractivity contribution is 6.39. The van der Waals surface area contributed by atoms with E-state index in [0.29, 0.717) is 18.0 Å². The van der Waals surface area contributed by atoms with Crippen LogP contribution in [0.3, 0.4) is 0 Å². The molecule has 3 amide bonds. The minimum absolute atomic E-state index is 0.0497. The molecule has 21 heavy (non-hydrogen) atoms. The minimum atomic E-state index is -0.823. The number of carbonyl (C=O) groups is 3. The maximum atomic E-state index is 11.8. The van der Waals surface area contributed by atoms with E-state index in [1.54, 1.807) is 18.0 Å². The molecule has 112 valence electrons. The lowest BCUT2D eigenvalue weighted by atomic mass is 10.0. The van der Waals surface area contributed by atoms with Gasteiger partial charge in [-0.25, -0.2) is 4.98 Å². The molecule has 0 aromatic carbocycles. The van der Waals surface area contributed by atoms with Crippen LogP contribution in [-0.4, -0.2) is 47.2 Å². The van der Waals surface area contributed by atoms with E-state index in [4.69, 9.17) is 11.6 Å². The summed E-state index contributed by atoms with van der Waals surface area (Å²) in [6.45, 7) is 0.560. The largest absolute Gasteiger partial charge is 0.346 e. The van der Waals surface area contributed by atoms with E-state index >= 15 is 0 Å². The van der Waals surface area contributed by atoms with E-state index < -0.39 is 11.8 Å². The number of carbonyl (C=O) groups excluding carboxylic acids is 3. The average molecular weight is 311 g/mol. The Morgan fingerprint density at radius 2 is 2.14 bits per heavy atom. The van der Waals surface area contributed by atoms with E-state index in [1.165, 1.54) is 12.3 Å². The van der Waals surface area contributed by atoms with Crippen molar-refractivity contribution >= 4 is 35.1 Å². The van der Waals surface area contributed by atoms with Gasteiger partial charge in [-0.05, 0) is 18.6 Å². The van der Waals surface area contributed by atoms with E-state index in [0.717, 1.165) is 0 Å². The van der Waals surface area contributed by atoms with Crippen molar-refractivity contribution in [1.29, 1.82) is 0 Å². The summed E-state index contributed by atoms with van der Waals surface area (Å²) in [5, 5.41) is 5.34. The molecule has 0 saturated carbocycles. The maximum absolute atomic E-state index is 11.8. The summed E-state index contributed by atoms with van der Waals surface area (Å²) in [5.41, 5.74) is 0. The van der Waals surface area contributed by atoms with Gasteiger partial charge in [-0.2, -0.15) is 0 Å². The number of rotatable bonds is 2. The molecular weight excluding hydrogens is 296 g/mol. The fourth-order valence-electron chi connectivity index (χ4n) is 1.94. The van der Waals surface area contributed by atoms with Crippen molar-refractivity contribution < 1.29 is 14.4 Å². The highest BCUT2D eigenvalue weighted by atomic mass is 35.5. The Kier molecular flexibility index (Phi) is 4.74. The van der Waals surface area contributed by atoms with Gasteiger partial charge in [0.1, 0.15) is 5.82 Å². The Morgan fingerprint density at radius 3 is 2.76 bits per heavy atom. The van der Waals surface area contributed by atoms with Crippen LogP contribution in [0.2, 0.25) is 5.02 Å². The fourth-order valence-corrected chi connectivity index (χ4v) is 2.05. The van der Waals surface area contributed by atoms with Gasteiger partial charge in [0.2, 0.25) is 5.91 Å². The number of likely N-dealkylation sites (tertiary alicyclic amines) is 1. The van der Waals surface area contributed by atoms with Crippen molar-refractivity contribution in [3.05, 3.63) is 23.4 Å². The summed E-state index contributed by atoms with van der Waals surface area (Å²) in [6, 6.07) is 2.73. The third kappa shape index (κ3) is 4.16. The second-order valence-electron chi connectivity index (χ2n) is 4.79. The van der Waals surface area contributed by atoms with Gasteiger partial charge in [0, 0.05) is 32.3 Å². The van der Waals surface area contributed by atoms with Crippen LogP contribution in [0.5, 0.6) is 0 Å². The monoisotopic (exact) mass is 310 g/mol. The van der Waals surface area contributed by atoms with Crippen molar-refractivity contribution in [3.63, 3.8) is 0 Å². The van der Waals surface area contributed by atoms with Crippen molar-refractivity contribution in [3.8, 4) is 0 Å². The first kappa shape index (κ1) is 15.2. The number of pyridine rings is 1. The Morgan fingerprint density at radius 1 is 1.38 bits per heavy atom. The standard InChI is InChI=1S/C13H15ClN4O3/c1-18-5-4-9(6-11(18)19)16-12(20)13(21)17-10-3-2-8(14)7-15-10/h2-3,7,9H,4-6H2,1H3,(H,16,20)(H,15,17,21)/t9-/m1/s1. The molecule has 1 saturated heterocycles. The zero-order valence-electron chi connectivity index (χ0n) is 11.4. The molecule has 0 radical (unpaired) electrons. The van der Waals surface area contributed by atoms with Gasteiger partial charge in [-0.1, -0.05) is 11.6 Å². The van der Waals surface area contributed by atoms with Crippen LogP contribution < -0.4 is 10.6 Å². The van der Waals surface area contributed by atoms with E-state index in [-0.39, 0.29) is 24.2 Å². The topological polar surface area (TPSA) is 91.4 Å². The molecular formula is C13H15ClN4O3. The van der Waals surface area contributed by atoms with Crippen molar-refractivity contribution in [1.82, 2.24) is 15.2 Å². The van der Waals surface area contributed by atoms with Gasteiger partial charge in [0.25, 0.3) is 0 Å². The Labute approximate surface area is 126 Å². The summed E-state index contributed by atoms with van der Waals surface area (Å²) in [4.78, 5) is 40.5. The van der Waals surface area contributed by atoms with Crippen LogP contribution in [0, 0.1) is 0 Å². The molecule has 1 fully saturated rings. The van der Waals surface area contributed by atoms with Gasteiger partial charge in [-0.3, -0.25) is 14.4 Å². The Balaban J connectivity index is 1.86. The average Bonchev–Trinajstić information content (AvgIpc) is 2.45. The molecule has 7 nitrogen and oxygen atoms in total. The maximum Gasteiger partial charge on any atom is 0.314 e. The zero-order chi connectivity index (χ0) is 15.4. The highest BCUT2D eigenvalue weighted by Gasteiger charge is 2.26. The number of amides is 3. The molecule has 1 aromatic rings. The van der Waals surface area contributed by atoms with E-state index in [1.807, 2.05) is 0 Å². The molecule has 8 heteroatoms. The number of piperidine rings is 1. The van der Waals surface area contributed by atoms with Crippen LogP contribution in [-0.2, 0) is 14.4 Å². The molecule has 1 aliphatic heterocycles. The molecule has 2 heterocycles. The van der Waals surface area contributed by atoms with Crippen LogP contribution in [0.25, 0.3) is 0 Å². The van der Waals surface area contributed by atoms with Crippen LogP contribution in [0.1, 0.15) is 12.8 Å². The number of hydrogen-bond donors (Lipinski definition) is 2. The quantitative estimate of drug-likeness (QED) is 0.774. The van der Waals surface area contributed by atoms with Crippen molar-refractivity contribution in [2.45, 2.75) is 18.9 Å². The third-order valence-corrected chi connectivity index (χ3v) is 3.39. The molecule has 0 unspecified atom stereocenters. The Bertz CT molecular complexity index is 561. The molecule has 0 aliphatic carbocycles. The lowest BCUT2D eigenvalue weighted by molar-refractivity contribution is -0.138. The third-order valence-electron chi connectivity index (χ3n) is 3.17. The molecule has 1 aliphatic rings. The fraction of sp³-hybridized carbons (Fsp3) is 0.385. The predicted molar refractivity (Wildman–Crippen MR) is 76.7 cm³/mol. The van der Waals surface area contributed by atoms with Gasteiger partial charge in [0.15, 0.2) is 0 Å². The van der Waals surface area contributed by atoms with Gasteiger partial charge in [0.05, 0.1) is 5.02 Å². The summed E-state index contributed by atoms with van der Waals surface area (Å²) < 4.78 is 0. The highest BCUT2D eigenvalue weighted by Crippen LogP contribution is 2.11. The second-order valence-corrected chi connectivity index (χ2v) is 5.23. The molecule has 1 atom stereocenters. The smallest absolute Gasteiger partial charge is 0.314 e. The van der Waals surface area contributed by atoms with Crippen LogP contribution in [0.15, 0.2) is 18.3 Å². The summed E-state index contributed by atoms with van der Waals surface area (Å²) in [7, 11) is 1.71. The normalized spacial score (nSPS) is 18.3. The minimum Gasteiger partial charge on any atom is -0.346 e. The summed E-state index contributed by atoms with van der Waals surface area (Å²) in [5.74, 6) is -1.42. The predicted octanol–water partition coefficient (Wildman–Crippen LogP) is 0.410. The number of nitrogens with zero attached hydrogens (tertiary/aromatic N) is 2. The van der Waals surface area contributed by atoms with Crippen LogP contribution >= 0.6 is 11.6 Å². The first-order valence-corrected chi connectivity index (χ1v) is 6.81. The number of nitrogens with one attached hydrogen (secondary N) is 2. The molecule has 0 spiro atoms. The number of anilines is 1.